The lowest BCUT2D eigenvalue weighted by molar-refractivity contribution is 0.252. The molecule has 0 atom stereocenters. The van der Waals surface area contributed by atoms with Gasteiger partial charge in [0.15, 0.2) is 5.65 Å². The Morgan fingerprint density at radius 1 is 1.04 bits per heavy atom. The lowest BCUT2D eigenvalue weighted by Crippen LogP contribution is -2.29. The van der Waals surface area contributed by atoms with E-state index in [1.54, 1.807) is 12.3 Å². The maximum absolute atomic E-state index is 12.0. The number of pyridine rings is 1. The summed E-state index contributed by atoms with van der Waals surface area (Å²) in [5.41, 5.74) is 3.47. The van der Waals surface area contributed by atoms with Crippen molar-refractivity contribution in [1.29, 1.82) is 0 Å². The molecule has 0 saturated carbocycles. The highest BCUT2D eigenvalue weighted by molar-refractivity contribution is 5.89. The van der Waals surface area contributed by atoms with Crippen LogP contribution >= 0.6 is 0 Å². The molecule has 26 heavy (non-hydrogen) atoms. The number of urea groups is 1. The minimum absolute atomic E-state index is 0.254. The highest BCUT2D eigenvalue weighted by Crippen LogP contribution is 2.12. The quantitative estimate of drug-likeness (QED) is 0.637. The summed E-state index contributed by atoms with van der Waals surface area (Å²) >= 11 is 0. The number of unbranched alkanes of at least 4 members (excludes halogenated alkanes) is 1. The van der Waals surface area contributed by atoms with Crippen LogP contribution in [0.1, 0.15) is 31.0 Å². The second-order valence-corrected chi connectivity index (χ2v) is 6.08. The first-order valence-electron chi connectivity index (χ1n) is 8.96. The van der Waals surface area contributed by atoms with E-state index in [2.05, 4.69) is 37.7 Å². The molecule has 0 fully saturated rings. The molecule has 0 saturated heterocycles. The summed E-state index contributed by atoms with van der Waals surface area (Å²) in [7, 11) is 0. The van der Waals surface area contributed by atoms with Crippen LogP contribution in [0.15, 0.2) is 48.7 Å². The zero-order chi connectivity index (χ0) is 18.2. The molecular weight excluding hydrogens is 326 g/mol. The van der Waals surface area contributed by atoms with Gasteiger partial charge in [-0.3, -0.25) is 10.3 Å². The lowest BCUT2D eigenvalue weighted by Gasteiger charge is -2.08. The van der Waals surface area contributed by atoms with Gasteiger partial charge in [-0.05, 0) is 43.4 Å². The maximum Gasteiger partial charge on any atom is 0.320 e. The predicted octanol–water partition coefficient (Wildman–Crippen LogP) is 3.73. The summed E-state index contributed by atoms with van der Waals surface area (Å²) in [6, 6.07) is 13.6. The molecular formula is C20H23N5O. The van der Waals surface area contributed by atoms with E-state index in [1.165, 1.54) is 5.56 Å². The molecule has 2 heterocycles. The Hall–Kier alpha value is -3.02. The molecule has 0 unspecified atom stereocenters. The fraction of sp³-hybridized carbons (Fsp3) is 0.300. The first-order chi connectivity index (χ1) is 12.7. The Morgan fingerprint density at radius 3 is 2.69 bits per heavy atom. The molecule has 6 heteroatoms. The van der Waals surface area contributed by atoms with Gasteiger partial charge >= 0.3 is 6.03 Å². The third-order valence-corrected chi connectivity index (χ3v) is 4.08. The minimum atomic E-state index is -0.254. The molecule has 2 amide bonds. The van der Waals surface area contributed by atoms with E-state index in [0.717, 1.165) is 31.4 Å². The van der Waals surface area contributed by atoms with E-state index in [1.807, 2.05) is 31.2 Å². The van der Waals surface area contributed by atoms with Crippen molar-refractivity contribution in [2.45, 2.75) is 32.6 Å². The van der Waals surface area contributed by atoms with Gasteiger partial charge < -0.3 is 5.32 Å². The molecule has 134 valence electrons. The van der Waals surface area contributed by atoms with Crippen LogP contribution in [0.4, 0.5) is 10.6 Å². The molecule has 2 aromatic heterocycles. The standard InChI is InChI=1S/C20H23N5O/c1-2-16-14-22-17-11-12-18(24-19(17)23-16)25-20(26)21-13-7-6-10-15-8-4-3-5-9-15/h3-5,8-9,11-12,14H,2,6-7,10,13H2,1H3,(H2,21,23,24,25,26). The van der Waals surface area contributed by atoms with Gasteiger partial charge in [-0.25, -0.2) is 14.8 Å². The Kier molecular flexibility index (Phi) is 6.09. The molecule has 0 aliphatic carbocycles. The second kappa shape index (κ2) is 8.89. The highest BCUT2D eigenvalue weighted by Gasteiger charge is 2.05. The zero-order valence-corrected chi connectivity index (χ0v) is 14.9. The number of rotatable bonds is 7. The van der Waals surface area contributed by atoms with E-state index in [4.69, 9.17) is 0 Å². The topological polar surface area (TPSA) is 79.8 Å². The number of nitrogens with zero attached hydrogens (tertiary/aromatic N) is 3. The van der Waals surface area contributed by atoms with Gasteiger partial charge in [0.1, 0.15) is 11.3 Å². The van der Waals surface area contributed by atoms with Crippen LogP contribution in [0.2, 0.25) is 0 Å². The fourth-order valence-corrected chi connectivity index (χ4v) is 2.63. The van der Waals surface area contributed by atoms with Gasteiger partial charge in [-0.15, -0.1) is 0 Å². The number of fused-ring (bicyclic) bond motifs is 1. The maximum atomic E-state index is 12.0. The summed E-state index contributed by atoms with van der Waals surface area (Å²) in [5.74, 6) is 0.474. The van der Waals surface area contributed by atoms with Crippen molar-refractivity contribution in [3.05, 3.63) is 59.9 Å². The van der Waals surface area contributed by atoms with Crippen LogP contribution < -0.4 is 10.6 Å². The first-order valence-corrected chi connectivity index (χ1v) is 8.96. The van der Waals surface area contributed by atoms with Crippen molar-refractivity contribution >= 4 is 23.0 Å². The van der Waals surface area contributed by atoms with Crippen molar-refractivity contribution in [3.8, 4) is 0 Å². The monoisotopic (exact) mass is 349 g/mol. The fourth-order valence-electron chi connectivity index (χ4n) is 2.63. The second-order valence-electron chi connectivity index (χ2n) is 6.08. The first kappa shape index (κ1) is 17.8. The molecule has 1 aromatic carbocycles. The van der Waals surface area contributed by atoms with Crippen LogP contribution in [0.25, 0.3) is 11.2 Å². The molecule has 0 aliphatic heterocycles. The highest BCUT2D eigenvalue weighted by atomic mass is 16.2. The number of anilines is 1. The largest absolute Gasteiger partial charge is 0.338 e. The van der Waals surface area contributed by atoms with Crippen molar-refractivity contribution in [1.82, 2.24) is 20.3 Å². The van der Waals surface area contributed by atoms with E-state index >= 15 is 0 Å². The van der Waals surface area contributed by atoms with Gasteiger partial charge in [0.25, 0.3) is 0 Å². The number of benzene rings is 1. The van der Waals surface area contributed by atoms with Crippen LogP contribution in [0.5, 0.6) is 0 Å². The van der Waals surface area contributed by atoms with Crippen LogP contribution in [0.3, 0.4) is 0 Å². The molecule has 0 spiro atoms. The van der Waals surface area contributed by atoms with Crippen molar-refractivity contribution < 1.29 is 4.79 Å². The van der Waals surface area contributed by atoms with Gasteiger partial charge in [0.05, 0.1) is 5.69 Å². The number of nitrogens with one attached hydrogen (secondary N) is 2. The SMILES string of the molecule is CCc1cnc2ccc(NC(=O)NCCCCc3ccccc3)nc2n1. The third kappa shape index (κ3) is 4.99. The van der Waals surface area contributed by atoms with Gasteiger partial charge in [-0.2, -0.15) is 0 Å². The number of hydrogen-bond donors (Lipinski definition) is 2. The number of aromatic nitrogens is 3. The average molecular weight is 349 g/mol. The molecule has 6 nitrogen and oxygen atoms in total. The molecule has 3 aromatic rings. The minimum Gasteiger partial charge on any atom is -0.338 e. The van der Waals surface area contributed by atoms with E-state index in [9.17, 15) is 4.79 Å². The zero-order valence-electron chi connectivity index (χ0n) is 14.9. The van der Waals surface area contributed by atoms with Gasteiger partial charge in [0, 0.05) is 12.7 Å². The number of amides is 2. The molecule has 2 N–H and O–H groups in total. The van der Waals surface area contributed by atoms with Crippen molar-refractivity contribution in [2.24, 2.45) is 0 Å². The van der Waals surface area contributed by atoms with E-state index < -0.39 is 0 Å². The Balaban J connectivity index is 1.45. The van der Waals surface area contributed by atoms with Crippen LogP contribution in [0, 0.1) is 0 Å². The van der Waals surface area contributed by atoms with Crippen LogP contribution in [-0.4, -0.2) is 27.5 Å². The van der Waals surface area contributed by atoms with E-state index in [-0.39, 0.29) is 6.03 Å². The number of hydrogen-bond acceptors (Lipinski definition) is 4. The summed E-state index contributed by atoms with van der Waals surface area (Å²) in [6.45, 7) is 2.65. The normalized spacial score (nSPS) is 10.7. The Bertz CT molecular complexity index is 866. The lowest BCUT2D eigenvalue weighted by atomic mass is 10.1. The Labute approximate surface area is 153 Å². The number of aryl methyl sites for hydroxylation is 2. The predicted molar refractivity (Wildman–Crippen MR) is 103 cm³/mol. The number of carbonyl (C=O) groups is 1. The molecule has 0 bridgehead atoms. The van der Waals surface area contributed by atoms with Crippen LogP contribution in [-0.2, 0) is 12.8 Å². The third-order valence-electron chi connectivity index (χ3n) is 4.08. The Morgan fingerprint density at radius 2 is 1.88 bits per heavy atom. The summed E-state index contributed by atoms with van der Waals surface area (Å²) in [5, 5.41) is 5.61. The summed E-state index contributed by atoms with van der Waals surface area (Å²) in [4.78, 5) is 25.1. The van der Waals surface area contributed by atoms with Crippen molar-refractivity contribution in [3.63, 3.8) is 0 Å². The number of carbonyl (C=O) groups excluding carboxylic acids is 1. The average Bonchev–Trinajstić information content (AvgIpc) is 2.68. The van der Waals surface area contributed by atoms with Gasteiger partial charge in [-0.1, -0.05) is 37.3 Å². The van der Waals surface area contributed by atoms with Gasteiger partial charge in [0.2, 0.25) is 0 Å². The molecule has 3 rings (SSSR count). The molecule has 0 radical (unpaired) electrons. The van der Waals surface area contributed by atoms with E-state index in [0.29, 0.717) is 23.5 Å². The smallest absolute Gasteiger partial charge is 0.320 e. The summed E-state index contributed by atoms with van der Waals surface area (Å²) < 4.78 is 0. The molecule has 0 aliphatic rings. The van der Waals surface area contributed by atoms with Crippen molar-refractivity contribution in [2.75, 3.05) is 11.9 Å². The summed E-state index contributed by atoms with van der Waals surface area (Å²) in [6.07, 6.45) is 5.53.